The highest BCUT2D eigenvalue weighted by molar-refractivity contribution is 8.00. The molecule has 134 valence electrons. The van der Waals surface area contributed by atoms with E-state index in [9.17, 15) is 4.79 Å². The molecule has 3 aromatic rings. The zero-order valence-electron chi connectivity index (χ0n) is 15.1. The molecule has 0 saturated carbocycles. The lowest BCUT2D eigenvalue weighted by atomic mass is 10.1. The van der Waals surface area contributed by atoms with E-state index in [2.05, 4.69) is 34.3 Å². The van der Waals surface area contributed by atoms with Crippen LogP contribution < -0.4 is 5.32 Å². The zero-order valence-corrected chi connectivity index (χ0v) is 15.9. The molecule has 1 heterocycles. The highest BCUT2D eigenvalue weighted by atomic mass is 32.2. The number of fused-ring (bicyclic) bond motifs is 1. The van der Waals surface area contributed by atoms with Gasteiger partial charge in [-0.25, -0.2) is 9.97 Å². The van der Waals surface area contributed by atoms with Crippen LogP contribution in [-0.2, 0) is 11.2 Å². The first-order chi connectivity index (χ1) is 12.6. The highest BCUT2D eigenvalue weighted by Crippen LogP contribution is 2.24. The maximum Gasteiger partial charge on any atom is 0.230 e. The second kappa shape index (κ2) is 8.81. The van der Waals surface area contributed by atoms with Crippen LogP contribution in [0.4, 0.5) is 0 Å². The third kappa shape index (κ3) is 5.05. The number of nitrogens with one attached hydrogen (secondary N) is 1. The quantitative estimate of drug-likeness (QED) is 0.504. The van der Waals surface area contributed by atoms with Gasteiger partial charge in [0, 0.05) is 11.4 Å². The first kappa shape index (κ1) is 18.4. The monoisotopic (exact) mass is 365 g/mol. The van der Waals surface area contributed by atoms with E-state index in [-0.39, 0.29) is 11.9 Å². The van der Waals surface area contributed by atoms with E-state index >= 15 is 0 Å². The average Bonchev–Trinajstić information content (AvgIpc) is 2.65. The molecule has 0 aliphatic rings. The molecule has 1 unspecified atom stereocenters. The van der Waals surface area contributed by atoms with E-state index in [1.54, 1.807) is 0 Å². The highest BCUT2D eigenvalue weighted by Gasteiger charge is 2.11. The number of carbonyl (C=O) groups is 1. The van der Waals surface area contributed by atoms with Crippen LogP contribution in [0, 0.1) is 6.92 Å². The fraction of sp³-hybridized carbons (Fsp3) is 0.286. The summed E-state index contributed by atoms with van der Waals surface area (Å²) in [4.78, 5) is 21.2. The minimum atomic E-state index is 0.0379. The number of aryl methyl sites for hydroxylation is 2. The van der Waals surface area contributed by atoms with Crippen molar-refractivity contribution >= 4 is 28.6 Å². The lowest BCUT2D eigenvalue weighted by molar-refractivity contribution is -0.119. The van der Waals surface area contributed by atoms with Crippen LogP contribution in [0.1, 0.15) is 24.7 Å². The summed E-state index contributed by atoms with van der Waals surface area (Å²) in [7, 11) is 0. The Labute approximate surface area is 158 Å². The Balaban J connectivity index is 1.52. The van der Waals surface area contributed by atoms with Gasteiger partial charge in [-0.1, -0.05) is 60.3 Å². The number of aromatic nitrogens is 2. The number of benzene rings is 2. The Morgan fingerprint density at radius 3 is 2.62 bits per heavy atom. The minimum Gasteiger partial charge on any atom is -0.353 e. The molecule has 0 aliphatic carbocycles. The van der Waals surface area contributed by atoms with Gasteiger partial charge in [-0.2, -0.15) is 0 Å². The second-order valence-electron chi connectivity index (χ2n) is 6.37. The molecule has 0 aliphatic heterocycles. The summed E-state index contributed by atoms with van der Waals surface area (Å²) in [6.45, 7) is 3.93. The van der Waals surface area contributed by atoms with Crippen molar-refractivity contribution in [2.75, 3.05) is 5.75 Å². The minimum absolute atomic E-state index is 0.0379. The molecule has 1 amide bonds. The van der Waals surface area contributed by atoms with Gasteiger partial charge in [-0.15, -0.1) is 0 Å². The number of thioether (sulfide) groups is 1. The van der Waals surface area contributed by atoms with Crippen molar-refractivity contribution in [3.05, 3.63) is 66.0 Å². The molecule has 0 fully saturated rings. The molecule has 2 aromatic carbocycles. The molecule has 0 bridgehead atoms. The predicted molar refractivity (Wildman–Crippen MR) is 107 cm³/mol. The largest absolute Gasteiger partial charge is 0.353 e. The molecule has 1 aromatic heterocycles. The van der Waals surface area contributed by atoms with E-state index < -0.39 is 0 Å². The standard InChI is InChI=1S/C21H23N3OS/c1-15(12-13-17-8-4-3-5-9-17)22-20(25)14-26-21-18-10-6-7-11-19(18)23-16(2)24-21/h3-11,15H,12-14H2,1-2H3,(H,22,25). The number of para-hydroxylation sites is 1. The molecule has 0 saturated heterocycles. The second-order valence-corrected chi connectivity index (χ2v) is 7.34. The van der Waals surface area contributed by atoms with Crippen LogP contribution in [0.2, 0.25) is 0 Å². The number of carbonyl (C=O) groups excluding carboxylic acids is 1. The summed E-state index contributed by atoms with van der Waals surface area (Å²) in [6, 6.07) is 18.4. The Morgan fingerprint density at radius 2 is 1.81 bits per heavy atom. The fourth-order valence-electron chi connectivity index (χ4n) is 2.82. The van der Waals surface area contributed by atoms with Crippen LogP contribution in [0.3, 0.4) is 0 Å². The summed E-state index contributed by atoms with van der Waals surface area (Å²) in [5, 5.41) is 4.93. The van der Waals surface area contributed by atoms with Crippen LogP contribution >= 0.6 is 11.8 Å². The van der Waals surface area contributed by atoms with E-state index in [1.165, 1.54) is 17.3 Å². The molecule has 1 N–H and O–H groups in total. The lowest BCUT2D eigenvalue weighted by Gasteiger charge is -2.14. The van der Waals surface area contributed by atoms with Crippen LogP contribution in [0.25, 0.3) is 10.9 Å². The maximum atomic E-state index is 12.3. The van der Waals surface area contributed by atoms with Gasteiger partial charge in [0.25, 0.3) is 0 Å². The van der Waals surface area contributed by atoms with Gasteiger partial charge in [0.1, 0.15) is 10.9 Å². The zero-order chi connectivity index (χ0) is 18.4. The number of hydrogen-bond acceptors (Lipinski definition) is 4. The first-order valence-electron chi connectivity index (χ1n) is 8.81. The van der Waals surface area contributed by atoms with Gasteiger partial charge in [0.05, 0.1) is 11.3 Å². The van der Waals surface area contributed by atoms with E-state index in [0.29, 0.717) is 5.75 Å². The fourth-order valence-corrected chi connectivity index (χ4v) is 3.69. The van der Waals surface area contributed by atoms with Crippen molar-refractivity contribution in [2.24, 2.45) is 0 Å². The lowest BCUT2D eigenvalue weighted by Crippen LogP contribution is -2.34. The smallest absolute Gasteiger partial charge is 0.230 e. The van der Waals surface area contributed by atoms with Gasteiger partial charge < -0.3 is 5.32 Å². The van der Waals surface area contributed by atoms with Crippen molar-refractivity contribution < 1.29 is 4.79 Å². The molecular weight excluding hydrogens is 342 g/mol. The third-order valence-corrected chi connectivity index (χ3v) is 5.13. The summed E-state index contributed by atoms with van der Waals surface area (Å²) in [6.07, 6.45) is 1.89. The maximum absolute atomic E-state index is 12.3. The third-order valence-electron chi connectivity index (χ3n) is 4.14. The van der Waals surface area contributed by atoms with E-state index in [0.717, 1.165) is 34.6 Å². The van der Waals surface area contributed by atoms with Crippen molar-refractivity contribution in [3.63, 3.8) is 0 Å². The number of amides is 1. The van der Waals surface area contributed by atoms with Gasteiger partial charge in [-0.3, -0.25) is 4.79 Å². The number of hydrogen-bond donors (Lipinski definition) is 1. The first-order valence-corrected chi connectivity index (χ1v) is 9.80. The van der Waals surface area contributed by atoms with Crippen molar-refractivity contribution in [1.29, 1.82) is 0 Å². The van der Waals surface area contributed by atoms with Gasteiger partial charge >= 0.3 is 0 Å². The van der Waals surface area contributed by atoms with E-state index in [4.69, 9.17) is 0 Å². The normalized spacial score (nSPS) is 12.1. The van der Waals surface area contributed by atoms with E-state index in [1.807, 2.05) is 49.4 Å². The Bertz CT molecular complexity index is 883. The Morgan fingerprint density at radius 1 is 1.08 bits per heavy atom. The summed E-state index contributed by atoms with van der Waals surface area (Å²) < 4.78 is 0. The number of rotatable bonds is 7. The molecular formula is C21H23N3OS. The van der Waals surface area contributed by atoms with Crippen LogP contribution in [0.5, 0.6) is 0 Å². The molecule has 3 rings (SSSR count). The van der Waals surface area contributed by atoms with Crippen LogP contribution in [0.15, 0.2) is 59.6 Å². The molecule has 0 radical (unpaired) electrons. The Kier molecular flexibility index (Phi) is 6.23. The van der Waals surface area contributed by atoms with Gasteiger partial charge in [-0.05, 0) is 38.3 Å². The van der Waals surface area contributed by atoms with Crippen molar-refractivity contribution in [3.8, 4) is 0 Å². The topological polar surface area (TPSA) is 54.9 Å². The van der Waals surface area contributed by atoms with Gasteiger partial charge in [0.2, 0.25) is 5.91 Å². The SMILES string of the molecule is Cc1nc(SCC(=O)NC(C)CCc2ccccc2)c2ccccc2n1. The molecule has 4 nitrogen and oxygen atoms in total. The summed E-state index contributed by atoms with van der Waals surface area (Å²) in [5.74, 6) is 1.12. The van der Waals surface area contributed by atoms with Crippen LogP contribution in [-0.4, -0.2) is 27.7 Å². The summed E-state index contributed by atoms with van der Waals surface area (Å²) in [5.41, 5.74) is 2.21. The van der Waals surface area contributed by atoms with Crippen molar-refractivity contribution in [1.82, 2.24) is 15.3 Å². The Hall–Kier alpha value is -2.40. The molecule has 26 heavy (non-hydrogen) atoms. The summed E-state index contributed by atoms with van der Waals surface area (Å²) >= 11 is 1.47. The molecule has 0 spiro atoms. The predicted octanol–water partition coefficient (Wildman–Crippen LogP) is 4.17. The molecule has 1 atom stereocenters. The number of nitrogens with zero attached hydrogens (tertiary/aromatic N) is 2. The molecule has 5 heteroatoms. The van der Waals surface area contributed by atoms with Crippen molar-refractivity contribution in [2.45, 2.75) is 37.8 Å². The van der Waals surface area contributed by atoms with Gasteiger partial charge in [0.15, 0.2) is 0 Å². The average molecular weight is 366 g/mol.